The summed E-state index contributed by atoms with van der Waals surface area (Å²) in [5, 5.41) is 6.25. The molecule has 1 amide bonds. The number of carbonyl (C=O) groups is 1. The zero-order valence-corrected chi connectivity index (χ0v) is 19.0. The fourth-order valence-electron chi connectivity index (χ4n) is 4.32. The van der Waals surface area contributed by atoms with Crippen molar-refractivity contribution in [3.8, 4) is 0 Å². The van der Waals surface area contributed by atoms with Crippen molar-refractivity contribution in [2.75, 3.05) is 30.3 Å². The lowest BCUT2D eigenvalue weighted by atomic mass is 9.96. The summed E-state index contributed by atoms with van der Waals surface area (Å²) in [6.45, 7) is 5.93. The van der Waals surface area contributed by atoms with Gasteiger partial charge in [0, 0.05) is 36.9 Å². The minimum atomic E-state index is -3.53. The maximum absolute atomic E-state index is 13.1. The Balaban J connectivity index is 1.35. The van der Waals surface area contributed by atoms with E-state index in [2.05, 4.69) is 36.6 Å². The number of carbonyl (C=O) groups excluding carboxylic acids is 1. The number of rotatable bonds is 6. The molecule has 0 spiro atoms. The van der Waals surface area contributed by atoms with E-state index in [1.165, 1.54) is 9.87 Å². The van der Waals surface area contributed by atoms with E-state index in [1.54, 1.807) is 12.1 Å². The number of sulfonamides is 1. The van der Waals surface area contributed by atoms with Gasteiger partial charge in [0.1, 0.15) is 0 Å². The van der Waals surface area contributed by atoms with Gasteiger partial charge in [0.2, 0.25) is 15.9 Å². The van der Waals surface area contributed by atoms with Crippen molar-refractivity contribution in [3.05, 3.63) is 53.6 Å². The zero-order valence-electron chi connectivity index (χ0n) is 18.2. The van der Waals surface area contributed by atoms with Crippen molar-refractivity contribution in [1.29, 1.82) is 0 Å². The molecule has 2 aliphatic rings. The van der Waals surface area contributed by atoms with Crippen molar-refractivity contribution in [2.45, 2.75) is 50.3 Å². The summed E-state index contributed by atoms with van der Waals surface area (Å²) in [4.78, 5) is 13.1. The molecule has 1 unspecified atom stereocenters. The number of amides is 1. The van der Waals surface area contributed by atoms with E-state index in [-0.39, 0.29) is 11.8 Å². The number of piperidine rings is 1. The Bertz CT molecular complexity index is 1040. The molecule has 2 aromatic carbocycles. The van der Waals surface area contributed by atoms with E-state index >= 15 is 0 Å². The third kappa shape index (κ3) is 4.62. The number of hydrogen-bond acceptors (Lipinski definition) is 4. The normalized spacial score (nSPS) is 18.3. The van der Waals surface area contributed by atoms with Crippen molar-refractivity contribution in [3.63, 3.8) is 0 Å². The van der Waals surface area contributed by atoms with Crippen LogP contribution in [-0.2, 0) is 21.2 Å². The highest BCUT2D eigenvalue weighted by Crippen LogP contribution is 2.29. The van der Waals surface area contributed by atoms with Crippen LogP contribution in [0.15, 0.2) is 47.4 Å². The Hall–Kier alpha value is -2.38. The lowest BCUT2D eigenvalue weighted by Gasteiger charge is -2.30. The van der Waals surface area contributed by atoms with Crippen LogP contribution >= 0.6 is 0 Å². The number of nitrogens with zero attached hydrogens (tertiary/aromatic N) is 1. The Kier molecular flexibility index (Phi) is 6.34. The second-order valence-corrected chi connectivity index (χ2v) is 10.5. The average molecular weight is 442 g/mol. The first-order valence-electron chi connectivity index (χ1n) is 11.2. The van der Waals surface area contributed by atoms with E-state index < -0.39 is 10.0 Å². The molecule has 4 rings (SSSR count). The maximum Gasteiger partial charge on any atom is 0.243 e. The highest BCUT2D eigenvalue weighted by molar-refractivity contribution is 7.89. The van der Waals surface area contributed by atoms with Gasteiger partial charge >= 0.3 is 0 Å². The summed E-state index contributed by atoms with van der Waals surface area (Å²) in [7, 11) is -3.53. The molecule has 2 N–H and O–H groups in total. The molecule has 1 atom stereocenters. The number of nitrogens with one attached hydrogen (secondary N) is 2. The van der Waals surface area contributed by atoms with Gasteiger partial charge in [0.05, 0.1) is 4.90 Å². The molecule has 7 heteroatoms. The van der Waals surface area contributed by atoms with Gasteiger partial charge in [-0.15, -0.1) is 0 Å². The second kappa shape index (κ2) is 9.01. The molecule has 2 aliphatic heterocycles. The molecule has 0 saturated carbocycles. The van der Waals surface area contributed by atoms with Gasteiger partial charge in [0.15, 0.2) is 0 Å². The lowest BCUT2D eigenvalue weighted by Crippen LogP contribution is -2.41. The van der Waals surface area contributed by atoms with Gasteiger partial charge in [-0.3, -0.25) is 4.79 Å². The zero-order chi connectivity index (χ0) is 22.0. The van der Waals surface area contributed by atoms with E-state index in [0.29, 0.717) is 36.7 Å². The standard InChI is InChI=1S/C24H31N3O3S/c1-3-17(2)18-4-6-21(7-5-18)26-24(28)19-11-14-27(15-12-19)31(29,30)22-8-9-23-20(16-22)10-13-25-23/h4-9,16-17,19,25H,3,10-15H2,1-2H3,(H,26,28). The monoisotopic (exact) mass is 441 g/mol. The number of hydrogen-bond donors (Lipinski definition) is 2. The molecular formula is C24H31N3O3S. The van der Waals surface area contributed by atoms with E-state index in [4.69, 9.17) is 0 Å². The van der Waals surface area contributed by atoms with Crippen LogP contribution in [0.4, 0.5) is 11.4 Å². The largest absolute Gasteiger partial charge is 0.384 e. The number of fused-ring (bicyclic) bond motifs is 1. The van der Waals surface area contributed by atoms with Crippen LogP contribution < -0.4 is 10.6 Å². The minimum absolute atomic E-state index is 0.0306. The highest BCUT2D eigenvalue weighted by Gasteiger charge is 2.32. The average Bonchev–Trinajstić information content (AvgIpc) is 3.27. The summed E-state index contributed by atoms with van der Waals surface area (Å²) in [6.07, 6.45) is 2.99. The van der Waals surface area contributed by atoms with Gasteiger partial charge in [-0.1, -0.05) is 26.0 Å². The summed E-state index contributed by atoms with van der Waals surface area (Å²) in [5.74, 6) is 0.291. The van der Waals surface area contributed by atoms with E-state index in [0.717, 1.165) is 36.3 Å². The van der Waals surface area contributed by atoms with Crippen molar-refractivity contribution in [1.82, 2.24) is 4.31 Å². The van der Waals surface area contributed by atoms with Crippen LogP contribution in [0.1, 0.15) is 50.2 Å². The Morgan fingerprint density at radius 3 is 2.55 bits per heavy atom. The fourth-order valence-corrected chi connectivity index (χ4v) is 5.84. The third-order valence-electron chi connectivity index (χ3n) is 6.61. The van der Waals surface area contributed by atoms with Gasteiger partial charge in [-0.2, -0.15) is 4.31 Å². The first-order valence-corrected chi connectivity index (χ1v) is 12.6. The molecule has 166 valence electrons. The maximum atomic E-state index is 13.1. The molecule has 0 aromatic heterocycles. The molecule has 2 heterocycles. The lowest BCUT2D eigenvalue weighted by molar-refractivity contribution is -0.120. The van der Waals surface area contributed by atoms with Crippen LogP contribution in [0.3, 0.4) is 0 Å². The number of anilines is 2. The Morgan fingerprint density at radius 1 is 1.16 bits per heavy atom. The Morgan fingerprint density at radius 2 is 1.87 bits per heavy atom. The van der Waals surface area contributed by atoms with Gasteiger partial charge < -0.3 is 10.6 Å². The molecule has 1 saturated heterocycles. The summed E-state index contributed by atoms with van der Waals surface area (Å²) < 4.78 is 27.7. The van der Waals surface area contributed by atoms with Crippen molar-refractivity contribution >= 4 is 27.3 Å². The smallest absolute Gasteiger partial charge is 0.243 e. The Labute approximate surface area is 185 Å². The predicted molar refractivity (Wildman–Crippen MR) is 124 cm³/mol. The predicted octanol–water partition coefficient (Wildman–Crippen LogP) is 4.21. The molecular weight excluding hydrogens is 410 g/mol. The summed E-state index contributed by atoms with van der Waals surface area (Å²) >= 11 is 0. The molecule has 0 aliphatic carbocycles. The van der Waals surface area contributed by atoms with Crippen molar-refractivity contribution < 1.29 is 13.2 Å². The summed E-state index contributed by atoms with van der Waals surface area (Å²) in [6, 6.07) is 13.3. The molecule has 2 aromatic rings. The molecule has 6 nitrogen and oxygen atoms in total. The van der Waals surface area contributed by atoms with Crippen LogP contribution in [0.25, 0.3) is 0 Å². The third-order valence-corrected chi connectivity index (χ3v) is 8.50. The van der Waals surface area contributed by atoms with Crippen LogP contribution in [0.5, 0.6) is 0 Å². The first-order chi connectivity index (χ1) is 14.9. The van der Waals surface area contributed by atoms with Crippen LogP contribution in [0, 0.1) is 5.92 Å². The van der Waals surface area contributed by atoms with Gasteiger partial charge in [-0.25, -0.2) is 8.42 Å². The summed E-state index contributed by atoms with van der Waals surface area (Å²) in [5.41, 5.74) is 4.13. The SMILES string of the molecule is CCC(C)c1ccc(NC(=O)C2CCN(S(=O)(=O)c3ccc4c(c3)CCN4)CC2)cc1. The number of benzene rings is 2. The second-order valence-electron chi connectivity index (χ2n) is 8.59. The topological polar surface area (TPSA) is 78.5 Å². The first kappa shape index (κ1) is 21.8. The van der Waals surface area contributed by atoms with Crippen LogP contribution in [0.2, 0.25) is 0 Å². The quantitative estimate of drug-likeness (QED) is 0.704. The fraction of sp³-hybridized carbons (Fsp3) is 0.458. The van der Waals surface area contributed by atoms with E-state index in [1.807, 2.05) is 18.2 Å². The van der Waals surface area contributed by atoms with E-state index in [9.17, 15) is 13.2 Å². The molecule has 0 bridgehead atoms. The van der Waals surface area contributed by atoms with Gasteiger partial charge in [-0.05, 0) is 73.1 Å². The highest BCUT2D eigenvalue weighted by atomic mass is 32.2. The molecule has 0 radical (unpaired) electrons. The minimum Gasteiger partial charge on any atom is -0.384 e. The van der Waals surface area contributed by atoms with Crippen molar-refractivity contribution in [2.24, 2.45) is 5.92 Å². The molecule has 31 heavy (non-hydrogen) atoms. The molecule has 1 fully saturated rings. The van der Waals surface area contributed by atoms with Crippen LogP contribution in [-0.4, -0.2) is 38.3 Å². The van der Waals surface area contributed by atoms with Gasteiger partial charge in [0.25, 0.3) is 0 Å².